The minimum absolute atomic E-state index is 0.0479. The van der Waals surface area contributed by atoms with Gasteiger partial charge in [0.25, 0.3) is 5.91 Å². The molecular formula is C24H18Br2N2O5. The Balaban J connectivity index is 1.62. The van der Waals surface area contributed by atoms with Gasteiger partial charge in [-0.2, -0.15) is 0 Å². The lowest BCUT2D eigenvalue weighted by Crippen LogP contribution is -2.37. The number of carbonyl (C=O) groups is 2. The van der Waals surface area contributed by atoms with Gasteiger partial charge in [-0.25, -0.2) is 9.96 Å². The summed E-state index contributed by atoms with van der Waals surface area (Å²) in [5.74, 6) is -1.35. The number of benzene rings is 3. The first-order valence-corrected chi connectivity index (χ1v) is 11.7. The largest absolute Gasteiger partial charge is 0.503 e. The van der Waals surface area contributed by atoms with E-state index in [4.69, 9.17) is 9.57 Å². The van der Waals surface area contributed by atoms with E-state index in [0.29, 0.717) is 21.4 Å². The molecule has 0 aromatic heterocycles. The lowest BCUT2D eigenvalue weighted by molar-refractivity contribution is -0.126. The van der Waals surface area contributed by atoms with Gasteiger partial charge in [-0.1, -0.05) is 34.1 Å². The Hall–Kier alpha value is -2.88. The van der Waals surface area contributed by atoms with E-state index in [9.17, 15) is 14.7 Å². The van der Waals surface area contributed by atoms with Gasteiger partial charge in [0.05, 0.1) is 29.0 Å². The van der Waals surface area contributed by atoms with Crippen LogP contribution in [0.3, 0.4) is 0 Å². The zero-order chi connectivity index (χ0) is 23.3. The fraction of sp³-hybridized carbons (Fsp3) is 0.167. The van der Waals surface area contributed by atoms with Crippen LogP contribution in [0.4, 0.5) is 11.4 Å². The molecule has 2 heterocycles. The first-order valence-electron chi connectivity index (χ1n) is 10.1. The van der Waals surface area contributed by atoms with Gasteiger partial charge in [0, 0.05) is 4.47 Å². The first kappa shape index (κ1) is 21.9. The Morgan fingerprint density at radius 3 is 2.30 bits per heavy atom. The smallest absolute Gasteiger partial charge is 0.266 e. The molecule has 1 N–H and O–H groups in total. The highest BCUT2D eigenvalue weighted by Gasteiger charge is 2.60. The van der Waals surface area contributed by atoms with Crippen LogP contribution in [0.1, 0.15) is 11.6 Å². The zero-order valence-electron chi connectivity index (χ0n) is 17.3. The van der Waals surface area contributed by atoms with E-state index in [0.717, 1.165) is 4.47 Å². The molecule has 2 aliphatic heterocycles. The van der Waals surface area contributed by atoms with Crippen LogP contribution in [0.5, 0.6) is 11.5 Å². The molecule has 0 bridgehead atoms. The monoisotopic (exact) mass is 572 g/mol. The van der Waals surface area contributed by atoms with E-state index in [-0.39, 0.29) is 17.4 Å². The molecule has 2 fully saturated rings. The number of methoxy groups -OCH3 is 1. The van der Waals surface area contributed by atoms with Gasteiger partial charge in [0.1, 0.15) is 5.92 Å². The average molecular weight is 574 g/mol. The number of rotatable bonds is 4. The van der Waals surface area contributed by atoms with E-state index in [1.54, 1.807) is 41.5 Å². The van der Waals surface area contributed by atoms with Crippen molar-refractivity contribution in [2.24, 2.45) is 5.92 Å². The number of hydroxylamine groups is 1. The highest BCUT2D eigenvalue weighted by molar-refractivity contribution is 9.10. The lowest BCUT2D eigenvalue weighted by Gasteiger charge is -2.29. The molecule has 9 heteroatoms. The van der Waals surface area contributed by atoms with Crippen LogP contribution >= 0.6 is 31.9 Å². The highest BCUT2D eigenvalue weighted by atomic mass is 79.9. The Bertz CT molecular complexity index is 1240. The minimum atomic E-state index is -0.982. The van der Waals surface area contributed by atoms with Gasteiger partial charge in [-0.15, -0.1) is 0 Å². The molecular weight excluding hydrogens is 556 g/mol. The summed E-state index contributed by atoms with van der Waals surface area (Å²) in [7, 11) is 1.45. The SMILES string of the molecule is COc1cc([C@H]2[C@@H]3C(=O)N(c4ccc(Br)cc4)C(=O)[C@H]3ON2c2ccccc2)cc(Br)c1O. The van der Waals surface area contributed by atoms with Crippen molar-refractivity contribution in [1.29, 1.82) is 0 Å². The standard InChI is InChI=1S/C24H18Br2N2O5/c1-32-18-12-13(11-17(26)21(18)29)20-19-22(33-28(20)16-5-3-2-4-6-16)24(31)27(23(19)30)15-9-7-14(25)8-10-15/h2-12,19-20,22,29H,1H3/t19-,20-,22-/m0/s1. The molecule has 2 amide bonds. The molecule has 0 aliphatic carbocycles. The molecule has 2 saturated heterocycles. The summed E-state index contributed by atoms with van der Waals surface area (Å²) >= 11 is 6.74. The molecule has 0 spiro atoms. The van der Waals surface area contributed by atoms with Crippen molar-refractivity contribution in [2.45, 2.75) is 12.1 Å². The number of anilines is 2. The maximum atomic E-state index is 13.6. The van der Waals surface area contributed by atoms with Crippen molar-refractivity contribution in [2.75, 3.05) is 17.1 Å². The van der Waals surface area contributed by atoms with Gasteiger partial charge < -0.3 is 9.84 Å². The normalized spacial score (nSPS) is 22.1. The molecule has 3 aromatic rings. The van der Waals surface area contributed by atoms with Gasteiger partial charge in [-0.3, -0.25) is 14.4 Å². The molecule has 0 saturated carbocycles. The number of fused-ring (bicyclic) bond motifs is 1. The van der Waals surface area contributed by atoms with Gasteiger partial charge in [-0.05, 0) is 70.0 Å². The van der Waals surface area contributed by atoms with Crippen LogP contribution in [0, 0.1) is 5.92 Å². The summed E-state index contributed by atoms with van der Waals surface area (Å²) in [6.07, 6.45) is -0.982. The summed E-state index contributed by atoms with van der Waals surface area (Å²) in [6.45, 7) is 0. The number of para-hydroxylation sites is 1. The second kappa shape index (κ2) is 8.48. The van der Waals surface area contributed by atoms with E-state index in [1.165, 1.54) is 12.0 Å². The Morgan fingerprint density at radius 2 is 1.64 bits per heavy atom. The van der Waals surface area contributed by atoms with Crippen LogP contribution < -0.4 is 14.7 Å². The molecule has 0 unspecified atom stereocenters. The van der Waals surface area contributed by atoms with Crippen molar-refractivity contribution in [3.63, 3.8) is 0 Å². The Morgan fingerprint density at radius 1 is 0.939 bits per heavy atom. The maximum Gasteiger partial charge on any atom is 0.266 e. The van der Waals surface area contributed by atoms with Crippen molar-refractivity contribution < 1.29 is 24.3 Å². The third kappa shape index (κ3) is 3.60. The van der Waals surface area contributed by atoms with Crippen molar-refractivity contribution in [3.8, 4) is 11.5 Å². The fourth-order valence-corrected chi connectivity index (χ4v) is 5.04. The molecule has 168 valence electrons. The van der Waals surface area contributed by atoms with Crippen molar-refractivity contribution in [1.82, 2.24) is 0 Å². The van der Waals surface area contributed by atoms with Gasteiger partial charge in [0.15, 0.2) is 17.6 Å². The quantitative estimate of drug-likeness (QED) is 0.444. The number of halogens is 2. The third-order valence-electron chi connectivity index (χ3n) is 5.82. The summed E-state index contributed by atoms with van der Waals surface area (Å²) in [4.78, 5) is 34.3. The summed E-state index contributed by atoms with van der Waals surface area (Å²) < 4.78 is 6.58. The Labute approximate surface area is 206 Å². The number of aromatic hydroxyl groups is 1. The minimum Gasteiger partial charge on any atom is -0.503 e. The zero-order valence-corrected chi connectivity index (χ0v) is 20.5. The molecule has 5 rings (SSSR count). The maximum absolute atomic E-state index is 13.6. The number of hydrogen-bond donors (Lipinski definition) is 1. The molecule has 2 aliphatic rings. The number of imide groups is 1. The van der Waals surface area contributed by atoms with Crippen molar-refractivity contribution >= 4 is 55.0 Å². The highest BCUT2D eigenvalue weighted by Crippen LogP contribution is 2.49. The Kier molecular flexibility index (Phi) is 5.64. The number of carbonyl (C=O) groups excluding carboxylic acids is 2. The number of ether oxygens (including phenoxy) is 1. The molecule has 33 heavy (non-hydrogen) atoms. The van der Waals surface area contributed by atoms with Crippen LogP contribution in [0.25, 0.3) is 0 Å². The second-order valence-electron chi connectivity index (χ2n) is 7.70. The number of hydrogen-bond acceptors (Lipinski definition) is 6. The third-order valence-corrected chi connectivity index (χ3v) is 6.96. The molecule has 3 atom stereocenters. The molecule has 0 radical (unpaired) electrons. The van der Waals surface area contributed by atoms with Crippen LogP contribution in [0.15, 0.2) is 75.7 Å². The van der Waals surface area contributed by atoms with Gasteiger partial charge in [0.2, 0.25) is 5.91 Å². The predicted molar refractivity (Wildman–Crippen MR) is 129 cm³/mol. The second-order valence-corrected chi connectivity index (χ2v) is 9.47. The van der Waals surface area contributed by atoms with Crippen LogP contribution in [-0.2, 0) is 14.4 Å². The summed E-state index contributed by atoms with van der Waals surface area (Å²) in [6, 6.07) is 19.0. The number of nitrogens with zero attached hydrogens (tertiary/aromatic N) is 2. The van der Waals surface area contributed by atoms with Crippen LogP contribution in [-0.4, -0.2) is 30.1 Å². The molecule has 3 aromatic carbocycles. The summed E-state index contributed by atoms with van der Waals surface area (Å²) in [5.41, 5.74) is 1.85. The van der Waals surface area contributed by atoms with E-state index < -0.39 is 24.0 Å². The molecule has 7 nitrogen and oxygen atoms in total. The van der Waals surface area contributed by atoms with E-state index in [2.05, 4.69) is 31.9 Å². The van der Waals surface area contributed by atoms with Crippen molar-refractivity contribution in [3.05, 3.63) is 81.2 Å². The van der Waals surface area contributed by atoms with E-state index >= 15 is 0 Å². The average Bonchev–Trinajstić information content (AvgIpc) is 3.33. The topological polar surface area (TPSA) is 79.3 Å². The van der Waals surface area contributed by atoms with E-state index in [1.807, 2.05) is 30.3 Å². The van der Waals surface area contributed by atoms with Crippen LogP contribution in [0.2, 0.25) is 0 Å². The number of amides is 2. The first-order chi connectivity index (χ1) is 15.9. The van der Waals surface area contributed by atoms with Gasteiger partial charge >= 0.3 is 0 Å². The lowest BCUT2D eigenvalue weighted by atomic mass is 9.90. The number of phenols is 1. The summed E-state index contributed by atoms with van der Waals surface area (Å²) in [5, 5.41) is 11.9. The fourth-order valence-electron chi connectivity index (χ4n) is 4.32. The number of phenolic OH excluding ortho intramolecular Hbond substituents is 1. The predicted octanol–water partition coefficient (Wildman–Crippen LogP) is 4.98.